The van der Waals surface area contributed by atoms with Crippen molar-refractivity contribution in [1.82, 2.24) is 4.98 Å². The Balaban J connectivity index is 1.34. The molecule has 2 heterocycles. The summed E-state index contributed by atoms with van der Waals surface area (Å²) >= 11 is 0. The second-order valence-electron chi connectivity index (χ2n) is 7.20. The van der Waals surface area contributed by atoms with E-state index in [2.05, 4.69) is 26.2 Å². The highest BCUT2D eigenvalue weighted by Gasteiger charge is 2.18. The van der Waals surface area contributed by atoms with Crippen LogP contribution in [-0.2, 0) is 0 Å². The van der Waals surface area contributed by atoms with E-state index in [1.165, 1.54) is 0 Å². The molecular formula is C24H23N5O2. The maximum Gasteiger partial charge on any atom is 0.255 e. The van der Waals surface area contributed by atoms with Crippen molar-refractivity contribution in [2.75, 3.05) is 48.4 Å². The molecule has 1 aliphatic heterocycles. The molecular weight excluding hydrogens is 390 g/mol. The second kappa shape index (κ2) is 9.18. The summed E-state index contributed by atoms with van der Waals surface area (Å²) in [5.74, 6) is 1.40. The Bertz CT molecular complexity index is 1080. The first-order valence-corrected chi connectivity index (χ1v) is 10.1. The van der Waals surface area contributed by atoms with E-state index in [1.54, 1.807) is 37.4 Å². The number of pyridine rings is 1. The fraction of sp³-hybridized carbons (Fsp3) is 0.208. The molecule has 0 unspecified atom stereocenters. The lowest BCUT2D eigenvalue weighted by Crippen LogP contribution is -2.46. The Kier molecular flexibility index (Phi) is 5.99. The van der Waals surface area contributed by atoms with Gasteiger partial charge in [0.15, 0.2) is 0 Å². The van der Waals surface area contributed by atoms with Crippen molar-refractivity contribution in [2.45, 2.75) is 0 Å². The van der Waals surface area contributed by atoms with Crippen molar-refractivity contribution >= 4 is 23.1 Å². The average Bonchev–Trinajstić information content (AvgIpc) is 2.84. The molecule has 1 N–H and O–H groups in total. The molecule has 156 valence electrons. The van der Waals surface area contributed by atoms with Gasteiger partial charge in [-0.05, 0) is 60.7 Å². The average molecular weight is 413 g/mol. The van der Waals surface area contributed by atoms with Crippen LogP contribution < -0.4 is 19.9 Å². The summed E-state index contributed by atoms with van der Waals surface area (Å²) in [6.45, 7) is 3.38. The van der Waals surface area contributed by atoms with Crippen LogP contribution in [-0.4, -0.2) is 44.2 Å². The number of nitrogens with one attached hydrogen (secondary N) is 1. The number of anilines is 3. The van der Waals surface area contributed by atoms with Gasteiger partial charge in [-0.25, -0.2) is 4.98 Å². The monoisotopic (exact) mass is 413 g/mol. The van der Waals surface area contributed by atoms with Gasteiger partial charge in [-0.1, -0.05) is 6.07 Å². The Hall–Kier alpha value is -4.05. The van der Waals surface area contributed by atoms with Crippen LogP contribution in [0.1, 0.15) is 16.1 Å². The smallest absolute Gasteiger partial charge is 0.255 e. The molecule has 0 bridgehead atoms. The molecule has 1 saturated heterocycles. The molecule has 3 aromatic rings. The van der Waals surface area contributed by atoms with Gasteiger partial charge in [0, 0.05) is 43.1 Å². The number of nitriles is 1. The van der Waals surface area contributed by atoms with E-state index in [9.17, 15) is 4.79 Å². The first-order chi connectivity index (χ1) is 15.2. The van der Waals surface area contributed by atoms with Gasteiger partial charge >= 0.3 is 0 Å². The topological polar surface area (TPSA) is 81.5 Å². The van der Waals surface area contributed by atoms with E-state index in [0.717, 1.165) is 49.1 Å². The maximum atomic E-state index is 12.4. The van der Waals surface area contributed by atoms with Gasteiger partial charge in [-0.15, -0.1) is 0 Å². The summed E-state index contributed by atoms with van der Waals surface area (Å²) in [6, 6.07) is 22.5. The highest BCUT2D eigenvalue weighted by atomic mass is 16.5. The predicted octanol–water partition coefficient (Wildman–Crippen LogP) is 3.54. The third kappa shape index (κ3) is 4.75. The number of benzene rings is 2. The summed E-state index contributed by atoms with van der Waals surface area (Å²) in [6.07, 6.45) is 0. The zero-order chi connectivity index (χ0) is 21.6. The van der Waals surface area contributed by atoms with Gasteiger partial charge in [0.2, 0.25) is 0 Å². The molecule has 0 atom stereocenters. The second-order valence-corrected chi connectivity index (χ2v) is 7.20. The minimum atomic E-state index is -0.156. The summed E-state index contributed by atoms with van der Waals surface area (Å²) in [5, 5.41) is 12.0. The molecule has 7 heteroatoms. The number of carbonyl (C=O) groups excluding carboxylic acids is 1. The molecule has 4 rings (SSSR count). The standard InChI is InChI=1S/C24H23N5O2/c1-31-22-11-5-18(6-12-22)24(30)27-19-7-9-21(10-8-19)28-13-15-29(16-14-28)23-4-2-3-20(17-25)26-23/h2-12H,13-16H2,1H3,(H,27,30). The van der Waals surface area contributed by atoms with E-state index >= 15 is 0 Å². The lowest BCUT2D eigenvalue weighted by Gasteiger charge is -2.36. The summed E-state index contributed by atoms with van der Waals surface area (Å²) in [4.78, 5) is 21.3. The maximum absolute atomic E-state index is 12.4. The van der Waals surface area contributed by atoms with Gasteiger partial charge in [0.1, 0.15) is 23.3 Å². The van der Waals surface area contributed by atoms with E-state index in [4.69, 9.17) is 10.00 Å². The fourth-order valence-corrected chi connectivity index (χ4v) is 3.56. The molecule has 1 aliphatic rings. The Morgan fingerprint density at radius 3 is 2.29 bits per heavy atom. The van der Waals surface area contributed by atoms with Crippen molar-refractivity contribution in [2.24, 2.45) is 0 Å². The van der Waals surface area contributed by atoms with E-state index < -0.39 is 0 Å². The number of carbonyl (C=O) groups is 1. The molecule has 0 aliphatic carbocycles. The number of amides is 1. The molecule has 0 radical (unpaired) electrons. The molecule has 1 fully saturated rings. The number of nitrogens with zero attached hydrogens (tertiary/aromatic N) is 4. The van der Waals surface area contributed by atoms with E-state index in [-0.39, 0.29) is 5.91 Å². The number of hydrogen-bond donors (Lipinski definition) is 1. The fourth-order valence-electron chi connectivity index (χ4n) is 3.56. The van der Waals surface area contributed by atoms with Gasteiger partial charge in [0.05, 0.1) is 7.11 Å². The van der Waals surface area contributed by atoms with Crippen LogP contribution in [0.2, 0.25) is 0 Å². The Morgan fingerprint density at radius 2 is 1.65 bits per heavy atom. The number of rotatable bonds is 5. The van der Waals surface area contributed by atoms with Crippen LogP contribution in [0.3, 0.4) is 0 Å². The number of methoxy groups -OCH3 is 1. The van der Waals surface area contributed by atoms with Gasteiger partial charge < -0.3 is 19.9 Å². The number of piperazine rings is 1. The molecule has 0 saturated carbocycles. The van der Waals surface area contributed by atoms with Crippen LogP contribution >= 0.6 is 0 Å². The van der Waals surface area contributed by atoms with Gasteiger partial charge in [0.25, 0.3) is 5.91 Å². The minimum absolute atomic E-state index is 0.156. The third-order valence-corrected chi connectivity index (χ3v) is 5.30. The first-order valence-electron chi connectivity index (χ1n) is 10.1. The summed E-state index contributed by atoms with van der Waals surface area (Å²) < 4.78 is 5.12. The van der Waals surface area contributed by atoms with Crippen molar-refractivity contribution in [3.05, 3.63) is 78.0 Å². The summed E-state index contributed by atoms with van der Waals surface area (Å²) in [5.41, 5.74) is 2.88. The molecule has 7 nitrogen and oxygen atoms in total. The van der Waals surface area contributed by atoms with E-state index in [0.29, 0.717) is 11.3 Å². The molecule has 31 heavy (non-hydrogen) atoms. The van der Waals surface area contributed by atoms with Crippen LogP contribution in [0.5, 0.6) is 5.75 Å². The Labute approximate surface area is 181 Å². The first kappa shape index (κ1) is 20.2. The number of hydrogen-bond acceptors (Lipinski definition) is 6. The number of aromatic nitrogens is 1. The van der Waals surface area contributed by atoms with Gasteiger partial charge in [-0.3, -0.25) is 4.79 Å². The lowest BCUT2D eigenvalue weighted by atomic mass is 10.2. The largest absolute Gasteiger partial charge is 0.497 e. The molecule has 2 aromatic carbocycles. The van der Waals surface area contributed by atoms with Crippen LogP contribution in [0.15, 0.2) is 66.7 Å². The van der Waals surface area contributed by atoms with Crippen molar-refractivity contribution < 1.29 is 9.53 Å². The normalized spacial score (nSPS) is 13.4. The van der Waals surface area contributed by atoms with Crippen LogP contribution in [0.4, 0.5) is 17.2 Å². The van der Waals surface area contributed by atoms with Crippen LogP contribution in [0.25, 0.3) is 0 Å². The van der Waals surface area contributed by atoms with Crippen LogP contribution in [0, 0.1) is 11.3 Å². The van der Waals surface area contributed by atoms with Crippen molar-refractivity contribution in [1.29, 1.82) is 5.26 Å². The number of ether oxygens (including phenoxy) is 1. The SMILES string of the molecule is COc1ccc(C(=O)Nc2ccc(N3CCN(c4cccc(C#N)n4)CC3)cc2)cc1. The minimum Gasteiger partial charge on any atom is -0.497 e. The quantitative estimate of drug-likeness (QED) is 0.689. The van der Waals surface area contributed by atoms with Crippen molar-refractivity contribution in [3.8, 4) is 11.8 Å². The highest BCUT2D eigenvalue weighted by molar-refractivity contribution is 6.04. The Morgan fingerprint density at radius 1 is 0.968 bits per heavy atom. The molecule has 1 amide bonds. The molecule has 1 aromatic heterocycles. The van der Waals surface area contributed by atoms with Crippen molar-refractivity contribution in [3.63, 3.8) is 0 Å². The zero-order valence-corrected chi connectivity index (χ0v) is 17.3. The van der Waals surface area contributed by atoms with Gasteiger partial charge in [-0.2, -0.15) is 5.26 Å². The highest BCUT2D eigenvalue weighted by Crippen LogP contribution is 2.22. The summed E-state index contributed by atoms with van der Waals surface area (Å²) in [7, 11) is 1.60. The van der Waals surface area contributed by atoms with E-state index in [1.807, 2.05) is 36.4 Å². The third-order valence-electron chi connectivity index (χ3n) is 5.30. The molecule has 0 spiro atoms. The zero-order valence-electron chi connectivity index (χ0n) is 17.3. The predicted molar refractivity (Wildman–Crippen MR) is 121 cm³/mol. The lowest BCUT2D eigenvalue weighted by molar-refractivity contribution is 0.102.